The van der Waals surface area contributed by atoms with Crippen LogP contribution in [0.4, 0.5) is 23.2 Å². The van der Waals surface area contributed by atoms with Crippen LogP contribution in [-0.4, -0.2) is 27.0 Å². The number of hydrogen-bond acceptors (Lipinski definition) is 6. The summed E-state index contributed by atoms with van der Waals surface area (Å²) in [6.07, 6.45) is -3.37. The molecule has 2 amide bonds. The number of carbonyl (C=O) groups is 2. The van der Waals surface area contributed by atoms with Crippen LogP contribution in [0.1, 0.15) is 25.9 Å². The Kier molecular flexibility index (Phi) is 5.55. The fourth-order valence-corrected chi connectivity index (χ4v) is 4.57. The molecule has 0 radical (unpaired) electrons. The number of halogens is 4. The maximum Gasteiger partial charge on any atom is 0.433 e. The molecule has 4 heterocycles. The topological polar surface area (TPSA) is 127 Å². The number of aromatic nitrogens is 3. The minimum Gasteiger partial charge on any atom is -0.463 e. The van der Waals surface area contributed by atoms with Crippen LogP contribution in [0.5, 0.6) is 0 Å². The van der Waals surface area contributed by atoms with E-state index < -0.39 is 29.5 Å². The summed E-state index contributed by atoms with van der Waals surface area (Å²) in [6, 6.07) is 10.2. The summed E-state index contributed by atoms with van der Waals surface area (Å²) in [5, 5.41) is 9.15. The van der Waals surface area contributed by atoms with E-state index in [-0.39, 0.29) is 37.6 Å². The Morgan fingerprint density at radius 2 is 1.86 bits per heavy atom. The molecule has 4 N–H and O–H groups in total. The number of amides is 2. The number of carbonyl (C=O) groups excluding carboxylic acids is 2. The lowest BCUT2D eigenvalue weighted by Gasteiger charge is -2.12. The molecular weight excluding hydrogens is 502 g/mol. The Balaban J connectivity index is 1.67. The number of aromatic amines is 1. The largest absolute Gasteiger partial charge is 0.463 e. The molecule has 0 aliphatic carbocycles. The van der Waals surface area contributed by atoms with Crippen LogP contribution in [0, 0.1) is 5.82 Å². The van der Waals surface area contributed by atoms with E-state index in [0.29, 0.717) is 22.8 Å². The Morgan fingerprint density at radius 1 is 1.11 bits per heavy atom. The van der Waals surface area contributed by atoms with Crippen molar-refractivity contribution in [2.45, 2.75) is 6.18 Å². The second kappa shape index (κ2) is 8.61. The second-order valence-corrected chi connectivity index (χ2v) is 8.51. The van der Waals surface area contributed by atoms with E-state index in [9.17, 15) is 27.2 Å². The standard InChI is InChI=1S/C23H13F4N5O3S/c24-11-5-3-10(4-6-11)12-8-16(23(25,26)27)29-22-17(12)18(19(36-22)20(28)33)30-21(34)14-9-13(31-32-14)15-2-1-7-35-15/h1-9H,(H2,28,33)(H,30,34)(H,31,32). The van der Waals surface area contributed by atoms with Gasteiger partial charge in [0.25, 0.3) is 11.8 Å². The number of pyridine rings is 1. The van der Waals surface area contributed by atoms with E-state index in [1.807, 2.05) is 0 Å². The third-order valence-corrected chi connectivity index (χ3v) is 6.27. The van der Waals surface area contributed by atoms with Crippen LogP contribution in [0.15, 0.2) is 59.2 Å². The normalized spacial score (nSPS) is 11.7. The molecule has 36 heavy (non-hydrogen) atoms. The van der Waals surface area contributed by atoms with Crippen molar-refractivity contribution < 1.29 is 31.6 Å². The highest BCUT2D eigenvalue weighted by molar-refractivity contribution is 7.21. The maximum absolute atomic E-state index is 13.6. The zero-order chi connectivity index (χ0) is 25.6. The number of nitrogens with two attached hydrogens (primary N) is 1. The van der Waals surface area contributed by atoms with E-state index in [0.717, 1.165) is 18.2 Å². The summed E-state index contributed by atoms with van der Waals surface area (Å²) in [6.45, 7) is 0. The van der Waals surface area contributed by atoms with Gasteiger partial charge in [-0.05, 0) is 41.5 Å². The monoisotopic (exact) mass is 515 g/mol. The van der Waals surface area contributed by atoms with Crippen molar-refractivity contribution in [3.63, 3.8) is 0 Å². The van der Waals surface area contributed by atoms with Gasteiger partial charge in [0.15, 0.2) is 11.5 Å². The highest BCUT2D eigenvalue weighted by Gasteiger charge is 2.35. The summed E-state index contributed by atoms with van der Waals surface area (Å²) < 4.78 is 59.5. The van der Waals surface area contributed by atoms with Gasteiger partial charge in [-0.25, -0.2) is 9.37 Å². The van der Waals surface area contributed by atoms with Crippen molar-refractivity contribution in [1.82, 2.24) is 15.2 Å². The molecule has 0 fully saturated rings. The van der Waals surface area contributed by atoms with Crippen LogP contribution in [0.3, 0.4) is 0 Å². The summed E-state index contributed by atoms with van der Waals surface area (Å²) >= 11 is 0.597. The highest BCUT2D eigenvalue weighted by atomic mass is 32.1. The molecular formula is C23H13F4N5O3S. The van der Waals surface area contributed by atoms with Gasteiger partial charge >= 0.3 is 6.18 Å². The fraction of sp³-hybridized carbons (Fsp3) is 0.0435. The molecule has 5 aromatic rings. The minimum absolute atomic E-state index is 0.0234. The van der Waals surface area contributed by atoms with E-state index in [2.05, 4.69) is 20.5 Å². The average Bonchev–Trinajstić information content (AvgIpc) is 3.58. The minimum atomic E-state index is -4.81. The molecule has 0 aliphatic rings. The molecule has 0 saturated heterocycles. The van der Waals surface area contributed by atoms with E-state index in [1.165, 1.54) is 24.5 Å². The van der Waals surface area contributed by atoms with Gasteiger partial charge in [0.1, 0.15) is 26.9 Å². The fourth-order valence-electron chi connectivity index (χ4n) is 3.57. The Labute approximate surface area is 202 Å². The summed E-state index contributed by atoms with van der Waals surface area (Å²) in [5.41, 5.74) is 4.63. The number of nitrogens with zero attached hydrogens (tertiary/aromatic N) is 2. The molecule has 0 bridgehead atoms. The van der Waals surface area contributed by atoms with E-state index >= 15 is 0 Å². The van der Waals surface area contributed by atoms with Crippen molar-refractivity contribution in [2.24, 2.45) is 5.73 Å². The Morgan fingerprint density at radius 3 is 2.50 bits per heavy atom. The lowest BCUT2D eigenvalue weighted by Crippen LogP contribution is -2.17. The number of fused-ring (bicyclic) bond motifs is 1. The van der Waals surface area contributed by atoms with Gasteiger partial charge in [0.05, 0.1) is 12.0 Å². The van der Waals surface area contributed by atoms with E-state index in [1.54, 1.807) is 12.1 Å². The number of furan rings is 1. The van der Waals surface area contributed by atoms with Gasteiger partial charge in [-0.1, -0.05) is 12.1 Å². The van der Waals surface area contributed by atoms with Crippen LogP contribution in [0.25, 0.3) is 32.8 Å². The van der Waals surface area contributed by atoms with Gasteiger partial charge in [-0.2, -0.15) is 18.3 Å². The number of rotatable bonds is 5. The molecule has 8 nitrogen and oxygen atoms in total. The first kappa shape index (κ1) is 23.2. The molecule has 0 atom stereocenters. The molecule has 0 saturated carbocycles. The predicted octanol–water partition coefficient (Wildman–Crippen LogP) is 5.46. The van der Waals surface area contributed by atoms with Gasteiger partial charge in [-0.15, -0.1) is 11.3 Å². The highest BCUT2D eigenvalue weighted by Crippen LogP contribution is 2.43. The van der Waals surface area contributed by atoms with Gasteiger partial charge in [0.2, 0.25) is 0 Å². The zero-order valence-corrected chi connectivity index (χ0v) is 18.6. The van der Waals surface area contributed by atoms with Crippen molar-refractivity contribution in [3.8, 4) is 22.6 Å². The van der Waals surface area contributed by atoms with Gasteiger partial charge in [0, 0.05) is 11.5 Å². The zero-order valence-electron chi connectivity index (χ0n) is 17.8. The van der Waals surface area contributed by atoms with Crippen LogP contribution >= 0.6 is 11.3 Å². The first-order chi connectivity index (χ1) is 17.1. The molecule has 182 valence electrons. The molecule has 0 spiro atoms. The summed E-state index contributed by atoms with van der Waals surface area (Å²) in [7, 11) is 0. The average molecular weight is 515 g/mol. The van der Waals surface area contributed by atoms with Crippen molar-refractivity contribution in [3.05, 3.63) is 76.9 Å². The quantitative estimate of drug-likeness (QED) is 0.268. The number of nitrogens with one attached hydrogen (secondary N) is 2. The van der Waals surface area contributed by atoms with Crippen LogP contribution < -0.4 is 11.1 Å². The number of H-pyrrole nitrogens is 1. The number of thiophene rings is 1. The predicted molar refractivity (Wildman–Crippen MR) is 123 cm³/mol. The first-order valence-electron chi connectivity index (χ1n) is 10.1. The second-order valence-electron chi connectivity index (χ2n) is 7.51. The number of primary amides is 1. The Hall–Kier alpha value is -4.52. The summed E-state index contributed by atoms with van der Waals surface area (Å²) in [4.78, 5) is 28.5. The van der Waals surface area contributed by atoms with Gasteiger partial charge in [-0.3, -0.25) is 14.7 Å². The molecule has 13 heteroatoms. The SMILES string of the molecule is NC(=O)c1sc2nc(C(F)(F)F)cc(-c3ccc(F)cc3)c2c1NC(=O)c1cc(-c2ccco2)[nH]n1. The molecule has 1 aromatic carbocycles. The van der Waals surface area contributed by atoms with Crippen molar-refractivity contribution in [1.29, 1.82) is 0 Å². The number of hydrogen-bond donors (Lipinski definition) is 3. The Bertz CT molecular complexity index is 1610. The first-order valence-corrected chi connectivity index (χ1v) is 10.9. The maximum atomic E-state index is 13.6. The summed E-state index contributed by atoms with van der Waals surface area (Å²) in [5.74, 6) is -1.92. The van der Waals surface area contributed by atoms with Crippen molar-refractivity contribution in [2.75, 3.05) is 5.32 Å². The third kappa shape index (κ3) is 4.20. The number of anilines is 1. The lowest BCUT2D eigenvalue weighted by molar-refractivity contribution is -0.140. The molecule has 0 aliphatic heterocycles. The number of benzene rings is 1. The third-order valence-electron chi connectivity index (χ3n) is 5.17. The molecule has 0 unspecified atom stereocenters. The van der Waals surface area contributed by atoms with Crippen LogP contribution in [0.2, 0.25) is 0 Å². The van der Waals surface area contributed by atoms with Gasteiger partial charge < -0.3 is 15.5 Å². The van der Waals surface area contributed by atoms with Crippen LogP contribution in [-0.2, 0) is 6.18 Å². The van der Waals surface area contributed by atoms with Crippen molar-refractivity contribution >= 4 is 39.1 Å². The lowest BCUT2D eigenvalue weighted by atomic mass is 10.0. The molecule has 5 rings (SSSR count). The van der Waals surface area contributed by atoms with E-state index in [4.69, 9.17) is 10.2 Å². The number of alkyl halides is 3. The molecule has 4 aromatic heterocycles. The smallest absolute Gasteiger partial charge is 0.433 e.